The number of halogens is 1. The number of benzene rings is 1. The minimum absolute atomic E-state index is 0.678. The van der Waals surface area contributed by atoms with Crippen LogP contribution >= 0.6 is 11.6 Å². The molecule has 1 fully saturated rings. The van der Waals surface area contributed by atoms with Crippen molar-refractivity contribution in [2.75, 3.05) is 7.05 Å². The predicted molar refractivity (Wildman–Crippen MR) is 70.7 cm³/mol. The standard InChI is InChI=1S/C14H16ClNO/c1-8-3-6-10(15)14-12(8)13(9-4-5-9)11(17-14)7-16-2/h3,6,9,16H,4-5,7H2,1-2H3. The molecular weight excluding hydrogens is 234 g/mol. The summed E-state index contributed by atoms with van der Waals surface area (Å²) in [5, 5.41) is 5.13. The Labute approximate surface area is 106 Å². The Morgan fingerprint density at radius 2 is 2.18 bits per heavy atom. The fraction of sp³-hybridized carbons (Fsp3) is 0.429. The van der Waals surface area contributed by atoms with Gasteiger partial charge in [0.15, 0.2) is 5.58 Å². The van der Waals surface area contributed by atoms with Crippen LogP contribution in [-0.2, 0) is 6.54 Å². The quantitative estimate of drug-likeness (QED) is 0.890. The smallest absolute Gasteiger partial charge is 0.153 e. The van der Waals surface area contributed by atoms with E-state index in [9.17, 15) is 0 Å². The van der Waals surface area contributed by atoms with Crippen molar-refractivity contribution in [2.45, 2.75) is 32.2 Å². The van der Waals surface area contributed by atoms with E-state index in [0.29, 0.717) is 5.92 Å². The molecule has 0 saturated heterocycles. The second-order valence-corrected chi connectivity index (χ2v) is 5.22. The molecule has 0 aliphatic heterocycles. The minimum atomic E-state index is 0.678. The molecule has 3 rings (SSSR count). The normalized spacial score (nSPS) is 15.7. The van der Waals surface area contributed by atoms with Gasteiger partial charge in [0.2, 0.25) is 0 Å². The first-order chi connectivity index (χ1) is 8.22. The van der Waals surface area contributed by atoms with Crippen molar-refractivity contribution in [3.8, 4) is 0 Å². The lowest BCUT2D eigenvalue weighted by atomic mass is 10.0. The zero-order chi connectivity index (χ0) is 12.0. The third kappa shape index (κ3) is 1.76. The molecular formula is C14H16ClNO. The van der Waals surface area contributed by atoms with E-state index >= 15 is 0 Å². The number of hydrogen-bond donors (Lipinski definition) is 1. The highest BCUT2D eigenvalue weighted by Crippen LogP contribution is 2.48. The maximum absolute atomic E-state index is 6.23. The van der Waals surface area contributed by atoms with Crippen LogP contribution in [0.4, 0.5) is 0 Å². The van der Waals surface area contributed by atoms with Crippen LogP contribution in [0.2, 0.25) is 5.02 Å². The maximum Gasteiger partial charge on any atom is 0.153 e. The van der Waals surface area contributed by atoms with E-state index < -0.39 is 0 Å². The average Bonchev–Trinajstić information content (AvgIpc) is 3.06. The molecule has 1 aromatic carbocycles. The van der Waals surface area contributed by atoms with Crippen LogP contribution < -0.4 is 5.32 Å². The SMILES string of the molecule is CNCc1oc2c(Cl)ccc(C)c2c1C1CC1. The van der Waals surface area contributed by atoms with Crippen molar-refractivity contribution >= 4 is 22.6 Å². The highest BCUT2D eigenvalue weighted by atomic mass is 35.5. The topological polar surface area (TPSA) is 25.2 Å². The highest BCUT2D eigenvalue weighted by Gasteiger charge is 2.31. The van der Waals surface area contributed by atoms with Gasteiger partial charge >= 0.3 is 0 Å². The molecule has 1 aliphatic rings. The Bertz CT molecular complexity index is 569. The molecule has 1 heterocycles. The molecule has 0 amide bonds. The van der Waals surface area contributed by atoms with E-state index in [-0.39, 0.29) is 0 Å². The van der Waals surface area contributed by atoms with Gasteiger partial charge in [0.1, 0.15) is 5.76 Å². The molecule has 3 heteroatoms. The monoisotopic (exact) mass is 249 g/mol. The first-order valence-electron chi connectivity index (χ1n) is 6.07. The molecule has 1 N–H and O–H groups in total. The molecule has 0 bridgehead atoms. The predicted octanol–water partition coefficient (Wildman–Crippen LogP) is 3.99. The summed E-state index contributed by atoms with van der Waals surface area (Å²) in [5.74, 6) is 1.73. The van der Waals surface area contributed by atoms with Gasteiger partial charge in [-0.2, -0.15) is 0 Å². The zero-order valence-electron chi connectivity index (χ0n) is 10.1. The van der Waals surface area contributed by atoms with Crippen molar-refractivity contribution in [3.05, 3.63) is 34.0 Å². The largest absolute Gasteiger partial charge is 0.458 e. The lowest BCUT2D eigenvalue weighted by Crippen LogP contribution is -2.05. The number of aryl methyl sites for hydroxylation is 1. The summed E-state index contributed by atoms with van der Waals surface area (Å²) in [6, 6.07) is 4.00. The van der Waals surface area contributed by atoms with Gasteiger partial charge < -0.3 is 9.73 Å². The number of furan rings is 1. The lowest BCUT2D eigenvalue weighted by molar-refractivity contribution is 0.524. The molecule has 1 aliphatic carbocycles. The summed E-state index contributed by atoms with van der Waals surface area (Å²) in [5.41, 5.74) is 3.51. The first kappa shape index (κ1) is 11.1. The summed E-state index contributed by atoms with van der Waals surface area (Å²) in [7, 11) is 1.94. The molecule has 1 aromatic heterocycles. The summed E-state index contributed by atoms with van der Waals surface area (Å²) < 4.78 is 5.96. The number of hydrogen-bond acceptors (Lipinski definition) is 2. The van der Waals surface area contributed by atoms with E-state index in [0.717, 1.165) is 22.9 Å². The van der Waals surface area contributed by atoms with Crippen molar-refractivity contribution in [3.63, 3.8) is 0 Å². The third-order valence-corrected chi connectivity index (χ3v) is 3.73. The molecule has 1 saturated carbocycles. The van der Waals surface area contributed by atoms with Crippen LogP contribution in [0.25, 0.3) is 11.0 Å². The van der Waals surface area contributed by atoms with Crippen LogP contribution in [-0.4, -0.2) is 7.05 Å². The molecule has 17 heavy (non-hydrogen) atoms. The molecule has 0 unspecified atom stereocenters. The van der Waals surface area contributed by atoms with Crippen LogP contribution in [0.3, 0.4) is 0 Å². The van der Waals surface area contributed by atoms with Crippen LogP contribution in [0.1, 0.15) is 35.6 Å². The Kier molecular flexibility index (Phi) is 2.64. The van der Waals surface area contributed by atoms with E-state index in [1.54, 1.807) is 0 Å². The van der Waals surface area contributed by atoms with Gasteiger partial charge in [-0.3, -0.25) is 0 Å². The molecule has 0 radical (unpaired) electrons. The zero-order valence-corrected chi connectivity index (χ0v) is 10.9. The summed E-state index contributed by atoms with van der Waals surface area (Å²) >= 11 is 6.23. The van der Waals surface area contributed by atoms with Gasteiger partial charge in [-0.15, -0.1) is 0 Å². The van der Waals surface area contributed by atoms with Crippen molar-refractivity contribution in [1.82, 2.24) is 5.32 Å². The van der Waals surface area contributed by atoms with Gasteiger partial charge in [0.05, 0.1) is 11.6 Å². The lowest BCUT2D eigenvalue weighted by Gasteiger charge is -2.01. The fourth-order valence-electron chi connectivity index (χ4n) is 2.50. The minimum Gasteiger partial charge on any atom is -0.458 e. The Morgan fingerprint density at radius 1 is 1.41 bits per heavy atom. The van der Waals surface area contributed by atoms with Crippen LogP contribution in [0, 0.1) is 6.92 Å². The summed E-state index contributed by atoms with van der Waals surface area (Å²) in [4.78, 5) is 0. The second kappa shape index (κ2) is 4.04. The maximum atomic E-state index is 6.23. The fourth-order valence-corrected chi connectivity index (χ4v) is 2.70. The van der Waals surface area contributed by atoms with Crippen molar-refractivity contribution < 1.29 is 4.42 Å². The van der Waals surface area contributed by atoms with Gasteiger partial charge in [-0.05, 0) is 44.4 Å². The average molecular weight is 250 g/mol. The number of fused-ring (bicyclic) bond motifs is 1. The van der Waals surface area contributed by atoms with E-state index in [4.69, 9.17) is 16.0 Å². The van der Waals surface area contributed by atoms with Gasteiger partial charge in [-0.1, -0.05) is 17.7 Å². The van der Waals surface area contributed by atoms with Crippen molar-refractivity contribution in [1.29, 1.82) is 0 Å². The van der Waals surface area contributed by atoms with E-state index in [1.165, 1.54) is 29.4 Å². The second-order valence-electron chi connectivity index (χ2n) is 4.81. The van der Waals surface area contributed by atoms with Crippen molar-refractivity contribution in [2.24, 2.45) is 0 Å². The van der Waals surface area contributed by atoms with Gasteiger partial charge in [0.25, 0.3) is 0 Å². The van der Waals surface area contributed by atoms with E-state index in [1.807, 2.05) is 13.1 Å². The van der Waals surface area contributed by atoms with Crippen LogP contribution in [0.15, 0.2) is 16.5 Å². The van der Waals surface area contributed by atoms with E-state index in [2.05, 4.69) is 18.3 Å². The third-order valence-electron chi connectivity index (χ3n) is 3.44. The Balaban J connectivity index is 2.30. The molecule has 2 aromatic rings. The number of rotatable bonds is 3. The Hall–Kier alpha value is -0.990. The molecule has 2 nitrogen and oxygen atoms in total. The Morgan fingerprint density at radius 3 is 2.82 bits per heavy atom. The first-order valence-corrected chi connectivity index (χ1v) is 6.45. The molecule has 0 spiro atoms. The number of nitrogens with one attached hydrogen (secondary N) is 1. The van der Waals surface area contributed by atoms with Crippen LogP contribution in [0.5, 0.6) is 0 Å². The molecule has 90 valence electrons. The summed E-state index contributed by atoms with van der Waals surface area (Å²) in [6.07, 6.45) is 2.55. The summed E-state index contributed by atoms with van der Waals surface area (Å²) in [6.45, 7) is 2.90. The highest BCUT2D eigenvalue weighted by molar-refractivity contribution is 6.35. The van der Waals surface area contributed by atoms with Gasteiger partial charge in [-0.25, -0.2) is 0 Å². The molecule has 0 atom stereocenters. The van der Waals surface area contributed by atoms with Gasteiger partial charge in [0, 0.05) is 10.9 Å².